The Balaban J connectivity index is 2.07. The van der Waals surface area contributed by atoms with E-state index in [0.29, 0.717) is 36.7 Å². The lowest BCUT2D eigenvalue weighted by Gasteiger charge is -2.28. The van der Waals surface area contributed by atoms with Gasteiger partial charge in [-0.3, -0.25) is 23.3 Å². The van der Waals surface area contributed by atoms with Crippen molar-refractivity contribution in [1.82, 2.24) is 24.0 Å². The number of esters is 1. The van der Waals surface area contributed by atoms with E-state index in [1.54, 1.807) is 25.5 Å². The molecule has 1 N–H and O–H groups in total. The number of imidazole rings is 1. The van der Waals surface area contributed by atoms with Crippen molar-refractivity contribution >= 4 is 23.1 Å². The molecule has 0 aliphatic carbocycles. The molecule has 1 aliphatic rings. The molecule has 162 valence electrons. The third-order valence-corrected chi connectivity index (χ3v) is 5.09. The van der Waals surface area contributed by atoms with Crippen LogP contribution in [-0.4, -0.2) is 57.4 Å². The number of carbonyl (C=O) groups is 1. The maximum absolute atomic E-state index is 13.3. The largest absolute Gasteiger partial charge is 0.466 e. The lowest BCUT2D eigenvalue weighted by Crippen LogP contribution is -2.44. The van der Waals surface area contributed by atoms with Gasteiger partial charge in [-0.05, 0) is 20.3 Å². The summed E-state index contributed by atoms with van der Waals surface area (Å²) in [6.45, 7) is 7.37. The SMILES string of the molecule is CC#CCn1c(N2CCNCC2)nc2c1c(=O)n(CCCC(=O)OCC)c(=O)n2C. The Morgan fingerprint density at radius 3 is 2.63 bits per heavy atom. The van der Waals surface area contributed by atoms with Crippen molar-refractivity contribution in [2.24, 2.45) is 7.05 Å². The van der Waals surface area contributed by atoms with E-state index in [2.05, 4.69) is 27.0 Å². The first-order chi connectivity index (χ1) is 14.5. The van der Waals surface area contributed by atoms with Crippen LogP contribution in [0.4, 0.5) is 5.95 Å². The minimum Gasteiger partial charge on any atom is -0.466 e. The normalized spacial score (nSPS) is 13.9. The fourth-order valence-electron chi connectivity index (χ4n) is 3.59. The molecule has 3 rings (SSSR count). The molecule has 0 unspecified atom stereocenters. The first-order valence-corrected chi connectivity index (χ1v) is 10.2. The predicted octanol–water partition coefficient (Wildman–Crippen LogP) is -0.327. The molecule has 0 aromatic carbocycles. The average Bonchev–Trinajstić information content (AvgIpc) is 3.13. The number of nitrogens with zero attached hydrogens (tertiary/aromatic N) is 5. The van der Waals surface area contributed by atoms with Gasteiger partial charge >= 0.3 is 11.7 Å². The van der Waals surface area contributed by atoms with E-state index < -0.39 is 11.2 Å². The number of carbonyl (C=O) groups excluding carboxylic acids is 1. The molecule has 0 bridgehead atoms. The van der Waals surface area contributed by atoms with E-state index >= 15 is 0 Å². The number of nitrogens with one attached hydrogen (secondary N) is 1. The second-order valence-electron chi connectivity index (χ2n) is 7.04. The zero-order chi connectivity index (χ0) is 21.7. The zero-order valence-electron chi connectivity index (χ0n) is 17.7. The topological polar surface area (TPSA) is 103 Å². The maximum Gasteiger partial charge on any atom is 0.332 e. The molecule has 0 amide bonds. The number of aromatic nitrogens is 4. The van der Waals surface area contributed by atoms with Crippen molar-refractivity contribution in [3.05, 3.63) is 20.8 Å². The van der Waals surface area contributed by atoms with Gasteiger partial charge in [0, 0.05) is 46.2 Å². The number of ether oxygens (including phenoxy) is 1. The lowest BCUT2D eigenvalue weighted by atomic mass is 10.3. The highest BCUT2D eigenvalue weighted by Gasteiger charge is 2.24. The van der Waals surface area contributed by atoms with Crippen molar-refractivity contribution in [2.75, 3.05) is 37.7 Å². The summed E-state index contributed by atoms with van der Waals surface area (Å²) in [4.78, 5) is 44.5. The summed E-state index contributed by atoms with van der Waals surface area (Å²) in [5, 5.41) is 3.30. The van der Waals surface area contributed by atoms with Gasteiger partial charge in [-0.1, -0.05) is 5.92 Å². The van der Waals surface area contributed by atoms with Gasteiger partial charge in [-0.25, -0.2) is 4.79 Å². The number of hydrogen-bond donors (Lipinski definition) is 1. The van der Waals surface area contributed by atoms with E-state index in [1.807, 2.05) is 0 Å². The van der Waals surface area contributed by atoms with Gasteiger partial charge in [-0.2, -0.15) is 4.98 Å². The van der Waals surface area contributed by atoms with E-state index in [-0.39, 0.29) is 18.9 Å². The number of rotatable bonds is 7. The Bertz CT molecular complexity index is 1090. The predicted molar refractivity (Wildman–Crippen MR) is 114 cm³/mol. The summed E-state index contributed by atoms with van der Waals surface area (Å²) < 4.78 is 9.27. The van der Waals surface area contributed by atoms with Crippen molar-refractivity contribution < 1.29 is 9.53 Å². The number of hydrogen-bond acceptors (Lipinski definition) is 7. The van der Waals surface area contributed by atoms with E-state index in [4.69, 9.17) is 4.74 Å². The quantitative estimate of drug-likeness (QED) is 0.487. The van der Waals surface area contributed by atoms with Crippen LogP contribution in [0.2, 0.25) is 0 Å². The van der Waals surface area contributed by atoms with Gasteiger partial charge in [0.25, 0.3) is 5.56 Å². The van der Waals surface area contributed by atoms with Gasteiger partial charge in [0.05, 0.1) is 13.2 Å². The molecule has 1 saturated heterocycles. The second kappa shape index (κ2) is 9.63. The molecular formula is C20H28N6O4. The van der Waals surface area contributed by atoms with Crippen LogP contribution in [0.1, 0.15) is 26.7 Å². The van der Waals surface area contributed by atoms with Crippen molar-refractivity contribution in [3.63, 3.8) is 0 Å². The number of piperazine rings is 1. The molecule has 1 aliphatic heterocycles. The van der Waals surface area contributed by atoms with Crippen molar-refractivity contribution in [1.29, 1.82) is 0 Å². The Hall–Kier alpha value is -3.06. The fraction of sp³-hybridized carbons (Fsp3) is 0.600. The summed E-state index contributed by atoms with van der Waals surface area (Å²) in [5.74, 6) is 6.17. The molecule has 0 spiro atoms. The third-order valence-electron chi connectivity index (χ3n) is 5.09. The zero-order valence-corrected chi connectivity index (χ0v) is 17.7. The van der Waals surface area contributed by atoms with Crippen LogP contribution in [0.5, 0.6) is 0 Å². The molecule has 2 aromatic heterocycles. The second-order valence-corrected chi connectivity index (χ2v) is 7.04. The van der Waals surface area contributed by atoms with Crippen molar-refractivity contribution in [2.45, 2.75) is 39.8 Å². The summed E-state index contributed by atoms with van der Waals surface area (Å²) >= 11 is 0. The molecule has 0 saturated carbocycles. The summed E-state index contributed by atoms with van der Waals surface area (Å²) in [7, 11) is 1.61. The van der Waals surface area contributed by atoms with Gasteiger partial charge < -0.3 is 15.0 Å². The Morgan fingerprint density at radius 2 is 1.97 bits per heavy atom. The molecule has 10 nitrogen and oxygen atoms in total. The molecule has 1 fully saturated rings. The first-order valence-electron chi connectivity index (χ1n) is 10.2. The molecule has 0 atom stereocenters. The minimum absolute atomic E-state index is 0.133. The standard InChI is InChI=1S/C20H28N6O4/c1-4-6-11-25-16-17(22-19(25)24-13-9-21-10-14-24)23(3)20(29)26(18(16)28)12-7-8-15(27)30-5-2/h21H,5,7-14H2,1-3H3. The van der Waals surface area contributed by atoms with Crippen LogP contribution >= 0.6 is 0 Å². The summed E-state index contributed by atoms with van der Waals surface area (Å²) in [6, 6.07) is 0. The highest BCUT2D eigenvalue weighted by atomic mass is 16.5. The van der Waals surface area contributed by atoms with Crippen molar-refractivity contribution in [3.8, 4) is 11.8 Å². The summed E-state index contributed by atoms with van der Waals surface area (Å²) in [6.07, 6.45) is 0.487. The highest BCUT2D eigenvalue weighted by molar-refractivity contribution is 5.75. The number of fused-ring (bicyclic) bond motifs is 1. The lowest BCUT2D eigenvalue weighted by molar-refractivity contribution is -0.143. The number of anilines is 1. The number of aryl methyl sites for hydroxylation is 1. The average molecular weight is 416 g/mol. The fourth-order valence-corrected chi connectivity index (χ4v) is 3.59. The van der Waals surface area contributed by atoms with E-state index in [9.17, 15) is 14.4 Å². The van der Waals surface area contributed by atoms with Gasteiger partial charge in [0.2, 0.25) is 5.95 Å². The minimum atomic E-state index is -0.450. The molecular weight excluding hydrogens is 388 g/mol. The first kappa shape index (κ1) is 21.6. The van der Waals surface area contributed by atoms with Crippen LogP contribution in [0, 0.1) is 11.8 Å². The Morgan fingerprint density at radius 1 is 1.23 bits per heavy atom. The Kier molecular flexibility index (Phi) is 6.95. The summed E-state index contributed by atoms with van der Waals surface area (Å²) in [5.41, 5.74) is -0.166. The van der Waals surface area contributed by atoms with Gasteiger partial charge in [-0.15, -0.1) is 5.92 Å². The monoisotopic (exact) mass is 416 g/mol. The van der Waals surface area contributed by atoms with Crippen LogP contribution in [-0.2, 0) is 29.7 Å². The molecule has 2 aromatic rings. The maximum atomic E-state index is 13.3. The van der Waals surface area contributed by atoms with Crippen LogP contribution in [0.15, 0.2) is 9.59 Å². The Labute approximate surface area is 174 Å². The molecule has 0 radical (unpaired) electrons. The van der Waals surface area contributed by atoms with Crippen LogP contribution < -0.4 is 21.5 Å². The van der Waals surface area contributed by atoms with Gasteiger partial charge in [0.1, 0.15) is 0 Å². The van der Waals surface area contributed by atoms with Crippen LogP contribution in [0.3, 0.4) is 0 Å². The highest BCUT2D eigenvalue weighted by Crippen LogP contribution is 2.20. The van der Waals surface area contributed by atoms with Gasteiger partial charge in [0.15, 0.2) is 11.2 Å². The molecule has 30 heavy (non-hydrogen) atoms. The third kappa shape index (κ3) is 4.26. The smallest absolute Gasteiger partial charge is 0.332 e. The van der Waals surface area contributed by atoms with E-state index in [0.717, 1.165) is 26.2 Å². The molecule has 10 heteroatoms. The van der Waals surface area contributed by atoms with Crippen LogP contribution in [0.25, 0.3) is 11.2 Å². The molecule has 3 heterocycles. The van der Waals surface area contributed by atoms with E-state index in [1.165, 1.54) is 9.13 Å².